The van der Waals surface area contributed by atoms with Crippen molar-refractivity contribution < 1.29 is 19.1 Å². The van der Waals surface area contributed by atoms with Crippen LogP contribution < -0.4 is 0 Å². The third-order valence-corrected chi connectivity index (χ3v) is 5.49. The molecule has 0 radical (unpaired) electrons. The molecule has 0 aromatic heterocycles. The highest BCUT2D eigenvalue weighted by atomic mass is 16.5. The number of hydrogen-bond donors (Lipinski definition) is 0. The first-order valence-electron chi connectivity index (χ1n) is 12.5. The lowest BCUT2D eigenvalue weighted by Crippen LogP contribution is -2.11. The molecule has 0 fully saturated rings. The van der Waals surface area contributed by atoms with E-state index in [1.807, 2.05) is 0 Å². The van der Waals surface area contributed by atoms with Crippen LogP contribution in [0.4, 0.5) is 0 Å². The molecule has 4 heteroatoms. The Labute approximate surface area is 190 Å². The molecule has 0 saturated heterocycles. The van der Waals surface area contributed by atoms with Gasteiger partial charge in [-0.2, -0.15) is 0 Å². The maximum atomic E-state index is 12.2. The highest BCUT2D eigenvalue weighted by molar-refractivity contribution is 5.95. The molecule has 176 valence electrons. The molecule has 0 atom stereocenters. The van der Waals surface area contributed by atoms with Crippen LogP contribution in [-0.2, 0) is 9.47 Å². The van der Waals surface area contributed by atoms with Crippen molar-refractivity contribution in [3.05, 3.63) is 35.4 Å². The minimum Gasteiger partial charge on any atom is -0.462 e. The van der Waals surface area contributed by atoms with Crippen LogP contribution in [0.5, 0.6) is 0 Å². The van der Waals surface area contributed by atoms with Crippen molar-refractivity contribution in [2.24, 2.45) is 5.92 Å². The van der Waals surface area contributed by atoms with Crippen LogP contribution in [0.3, 0.4) is 0 Å². The van der Waals surface area contributed by atoms with E-state index in [9.17, 15) is 9.59 Å². The van der Waals surface area contributed by atoms with Crippen molar-refractivity contribution in [2.45, 2.75) is 104 Å². The average molecular weight is 433 g/mol. The van der Waals surface area contributed by atoms with E-state index in [0.29, 0.717) is 30.3 Å². The number of benzene rings is 1. The van der Waals surface area contributed by atoms with E-state index in [2.05, 4.69) is 20.8 Å². The van der Waals surface area contributed by atoms with Crippen molar-refractivity contribution in [3.8, 4) is 0 Å². The fourth-order valence-corrected chi connectivity index (χ4v) is 3.44. The van der Waals surface area contributed by atoms with Gasteiger partial charge in [0.2, 0.25) is 0 Å². The quantitative estimate of drug-likeness (QED) is 0.176. The van der Waals surface area contributed by atoms with Crippen molar-refractivity contribution in [1.29, 1.82) is 0 Å². The van der Waals surface area contributed by atoms with Gasteiger partial charge in [-0.05, 0) is 37.0 Å². The first kappa shape index (κ1) is 27.2. The fourth-order valence-electron chi connectivity index (χ4n) is 3.44. The Kier molecular flexibility index (Phi) is 15.6. The summed E-state index contributed by atoms with van der Waals surface area (Å²) in [4.78, 5) is 24.4. The maximum Gasteiger partial charge on any atom is 0.338 e. The SMILES string of the molecule is CCCCCCCCCCCCCCOC(=O)c1cccc(C(=O)OCCC(C)C)c1. The molecule has 4 nitrogen and oxygen atoms in total. The highest BCUT2D eigenvalue weighted by Gasteiger charge is 2.12. The zero-order valence-corrected chi connectivity index (χ0v) is 20.1. The Hall–Kier alpha value is -1.84. The predicted molar refractivity (Wildman–Crippen MR) is 128 cm³/mol. The molecular formula is C27H44O4. The Morgan fingerprint density at radius 3 is 1.65 bits per heavy atom. The van der Waals surface area contributed by atoms with Crippen LogP contribution in [0.15, 0.2) is 24.3 Å². The highest BCUT2D eigenvalue weighted by Crippen LogP contribution is 2.13. The second-order valence-electron chi connectivity index (χ2n) is 8.92. The molecule has 1 rings (SSSR count). The molecule has 0 amide bonds. The largest absolute Gasteiger partial charge is 0.462 e. The summed E-state index contributed by atoms with van der Waals surface area (Å²) >= 11 is 0. The molecular weight excluding hydrogens is 388 g/mol. The number of esters is 2. The van der Waals surface area contributed by atoms with Gasteiger partial charge < -0.3 is 9.47 Å². The lowest BCUT2D eigenvalue weighted by atomic mass is 10.1. The van der Waals surface area contributed by atoms with E-state index in [4.69, 9.17) is 9.47 Å². The van der Waals surface area contributed by atoms with Gasteiger partial charge in [-0.1, -0.05) is 97.5 Å². The molecule has 0 spiro atoms. The van der Waals surface area contributed by atoms with Crippen molar-refractivity contribution >= 4 is 11.9 Å². The summed E-state index contributed by atoms with van der Waals surface area (Å²) in [6.07, 6.45) is 16.1. The van der Waals surface area contributed by atoms with E-state index >= 15 is 0 Å². The van der Waals surface area contributed by atoms with E-state index in [1.54, 1.807) is 24.3 Å². The Morgan fingerprint density at radius 2 is 1.16 bits per heavy atom. The summed E-state index contributed by atoms with van der Waals surface area (Å²) in [6, 6.07) is 6.59. The topological polar surface area (TPSA) is 52.6 Å². The molecule has 0 saturated carbocycles. The first-order chi connectivity index (χ1) is 15.0. The molecule has 0 aliphatic carbocycles. The Morgan fingerprint density at radius 1 is 0.710 bits per heavy atom. The zero-order chi connectivity index (χ0) is 22.7. The van der Waals surface area contributed by atoms with Gasteiger partial charge in [-0.3, -0.25) is 0 Å². The van der Waals surface area contributed by atoms with E-state index < -0.39 is 5.97 Å². The number of carbonyl (C=O) groups excluding carboxylic acids is 2. The van der Waals surface area contributed by atoms with Crippen LogP contribution >= 0.6 is 0 Å². The van der Waals surface area contributed by atoms with Crippen LogP contribution in [0.1, 0.15) is 125 Å². The number of rotatable bonds is 18. The van der Waals surface area contributed by atoms with Gasteiger partial charge in [0.15, 0.2) is 0 Å². The summed E-state index contributed by atoms with van der Waals surface area (Å²) in [5.74, 6) is -0.286. The van der Waals surface area contributed by atoms with Crippen molar-refractivity contribution in [2.75, 3.05) is 13.2 Å². The van der Waals surface area contributed by atoms with E-state index in [0.717, 1.165) is 19.3 Å². The summed E-state index contributed by atoms with van der Waals surface area (Å²) in [6.45, 7) is 7.25. The minimum atomic E-state index is -0.392. The number of carbonyl (C=O) groups is 2. The summed E-state index contributed by atoms with van der Waals surface area (Å²) in [5.41, 5.74) is 0.792. The average Bonchev–Trinajstić information content (AvgIpc) is 2.76. The van der Waals surface area contributed by atoms with Gasteiger partial charge in [0, 0.05) is 0 Å². The van der Waals surface area contributed by atoms with Gasteiger partial charge in [0.1, 0.15) is 0 Å². The predicted octanol–water partition coefficient (Wildman–Crippen LogP) is 7.75. The molecule has 1 aromatic rings. The second kappa shape index (κ2) is 17.8. The number of hydrogen-bond acceptors (Lipinski definition) is 4. The second-order valence-corrected chi connectivity index (χ2v) is 8.92. The molecule has 1 aromatic carbocycles. The summed E-state index contributed by atoms with van der Waals surface area (Å²) < 4.78 is 10.6. The fraction of sp³-hybridized carbons (Fsp3) is 0.704. The maximum absolute atomic E-state index is 12.2. The molecule has 0 aliphatic heterocycles. The van der Waals surface area contributed by atoms with Crippen molar-refractivity contribution in [3.63, 3.8) is 0 Å². The smallest absolute Gasteiger partial charge is 0.338 e. The number of ether oxygens (including phenoxy) is 2. The minimum absolute atomic E-state index is 0.375. The number of unbranched alkanes of at least 4 members (excludes halogenated alkanes) is 11. The third-order valence-electron chi connectivity index (χ3n) is 5.49. The molecule has 0 bridgehead atoms. The van der Waals surface area contributed by atoms with Crippen molar-refractivity contribution in [1.82, 2.24) is 0 Å². The van der Waals surface area contributed by atoms with Gasteiger partial charge in [0.25, 0.3) is 0 Å². The third kappa shape index (κ3) is 14.0. The molecule has 0 heterocycles. The lowest BCUT2D eigenvalue weighted by molar-refractivity contribution is 0.0488. The Balaban J connectivity index is 2.11. The van der Waals surface area contributed by atoms with E-state index in [1.165, 1.54) is 64.2 Å². The van der Waals surface area contributed by atoms with Crippen LogP contribution in [0.25, 0.3) is 0 Å². The zero-order valence-electron chi connectivity index (χ0n) is 20.1. The Bertz CT molecular complexity index is 609. The van der Waals surface area contributed by atoms with Crippen LogP contribution in [0.2, 0.25) is 0 Å². The lowest BCUT2D eigenvalue weighted by Gasteiger charge is -2.08. The molecule has 0 N–H and O–H groups in total. The molecule has 31 heavy (non-hydrogen) atoms. The first-order valence-corrected chi connectivity index (χ1v) is 12.5. The van der Waals surface area contributed by atoms with E-state index in [-0.39, 0.29) is 5.97 Å². The molecule has 0 unspecified atom stereocenters. The van der Waals surface area contributed by atoms with Gasteiger partial charge >= 0.3 is 11.9 Å². The monoisotopic (exact) mass is 432 g/mol. The molecule has 0 aliphatic rings. The summed E-state index contributed by atoms with van der Waals surface area (Å²) in [5, 5.41) is 0. The van der Waals surface area contributed by atoms with Gasteiger partial charge in [0.05, 0.1) is 24.3 Å². The van der Waals surface area contributed by atoms with Crippen LogP contribution in [-0.4, -0.2) is 25.2 Å². The normalized spacial score (nSPS) is 11.0. The van der Waals surface area contributed by atoms with Gasteiger partial charge in [-0.15, -0.1) is 0 Å². The van der Waals surface area contributed by atoms with Crippen LogP contribution in [0, 0.1) is 5.92 Å². The van der Waals surface area contributed by atoms with Gasteiger partial charge in [-0.25, -0.2) is 9.59 Å². The standard InChI is InChI=1S/C27H44O4/c1-4-5-6-7-8-9-10-11-12-13-14-15-20-30-26(28)24-17-16-18-25(22-24)27(29)31-21-19-23(2)3/h16-18,22-23H,4-15,19-21H2,1-3H3. The summed E-state index contributed by atoms with van der Waals surface area (Å²) in [7, 11) is 0.